The summed E-state index contributed by atoms with van der Waals surface area (Å²) in [4.78, 5) is 36.1. The molecule has 0 saturated carbocycles. The minimum atomic E-state index is -0.239. The summed E-state index contributed by atoms with van der Waals surface area (Å²) < 4.78 is 5.41. The Bertz CT molecular complexity index is 1290. The molecule has 1 aromatic carbocycles. The van der Waals surface area contributed by atoms with Gasteiger partial charge in [-0.2, -0.15) is 0 Å². The Balaban J connectivity index is 1.36. The quantitative estimate of drug-likeness (QED) is 0.480. The molecule has 0 bridgehead atoms. The van der Waals surface area contributed by atoms with Gasteiger partial charge in [0.25, 0.3) is 5.91 Å². The molecule has 4 heterocycles. The largest absolute Gasteiger partial charge is 0.378 e. The zero-order valence-electron chi connectivity index (χ0n) is 18.0. The summed E-state index contributed by atoms with van der Waals surface area (Å²) in [5.74, 6) is 0.918. The van der Waals surface area contributed by atoms with Crippen molar-refractivity contribution >= 4 is 34.4 Å². The lowest BCUT2D eigenvalue weighted by molar-refractivity contribution is 0.0958. The van der Waals surface area contributed by atoms with Gasteiger partial charge >= 0.3 is 0 Å². The highest BCUT2D eigenvalue weighted by Crippen LogP contribution is 2.24. The van der Waals surface area contributed by atoms with E-state index in [0.717, 1.165) is 41.2 Å². The average Bonchev–Trinajstić information content (AvgIpc) is 2.89. The normalized spacial score (nSPS) is 13.7. The number of carbonyl (C=O) groups is 1. The Morgan fingerprint density at radius 2 is 1.88 bits per heavy atom. The zero-order valence-corrected chi connectivity index (χ0v) is 18.0. The Morgan fingerprint density at radius 1 is 1.00 bits per heavy atom. The molecule has 2 N–H and O–H groups in total. The Labute approximate surface area is 190 Å². The van der Waals surface area contributed by atoms with Gasteiger partial charge < -0.3 is 20.3 Å². The van der Waals surface area contributed by atoms with E-state index in [0.29, 0.717) is 30.5 Å². The second-order valence-corrected chi connectivity index (χ2v) is 7.44. The summed E-state index contributed by atoms with van der Waals surface area (Å²) >= 11 is 0. The van der Waals surface area contributed by atoms with Crippen molar-refractivity contribution in [3.8, 4) is 11.3 Å². The van der Waals surface area contributed by atoms with Crippen LogP contribution >= 0.6 is 0 Å². The molecule has 0 atom stereocenters. The maximum absolute atomic E-state index is 11.6. The van der Waals surface area contributed by atoms with E-state index in [2.05, 4.69) is 35.5 Å². The van der Waals surface area contributed by atoms with Gasteiger partial charge in [0.15, 0.2) is 0 Å². The van der Waals surface area contributed by atoms with Crippen molar-refractivity contribution in [3.05, 3.63) is 60.7 Å². The van der Waals surface area contributed by atoms with Crippen LogP contribution in [0, 0.1) is 0 Å². The fourth-order valence-corrected chi connectivity index (χ4v) is 3.54. The Morgan fingerprint density at radius 3 is 2.67 bits per heavy atom. The van der Waals surface area contributed by atoms with Crippen molar-refractivity contribution in [1.29, 1.82) is 0 Å². The van der Waals surface area contributed by atoms with Gasteiger partial charge in [0.2, 0.25) is 11.9 Å². The number of pyridine rings is 1. The van der Waals surface area contributed by atoms with Crippen LogP contribution in [0.5, 0.6) is 0 Å². The van der Waals surface area contributed by atoms with Crippen LogP contribution in [0.15, 0.2) is 55.0 Å². The maximum atomic E-state index is 11.6. The van der Waals surface area contributed by atoms with Gasteiger partial charge in [0.1, 0.15) is 5.69 Å². The van der Waals surface area contributed by atoms with Gasteiger partial charge in [-0.25, -0.2) is 24.9 Å². The number of nitrogens with zero attached hydrogens (tertiary/aromatic N) is 6. The Kier molecular flexibility index (Phi) is 5.73. The summed E-state index contributed by atoms with van der Waals surface area (Å²) in [5.41, 5.74) is 3.60. The highest BCUT2D eigenvalue weighted by Gasteiger charge is 2.14. The molecular weight excluding hydrogens is 420 g/mol. The standard InChI is InChI=1S/C23H22N8O2/c1-24-21(32)20-5-3-17(14-26-20)28-22-25-7-6-19(29-22)15-2-4-18-16(12-15)13-27-23(30-18)31-8-10-33-11-9-31/h2-7,12-14H,8-11H2,1H3,(H,24,32)(H,25,28,29). The number of morpholine rings is 1. The van der Waals surface area contributed by atoms with Crippen LogP contribution < -0.4 is 15.5 Å². The van der Waals surface area contributed by atoms with Crippen LogP contribution in [-0.2, 0) is 4.74 Å². The number of carbonyl (C=O) groups excluding carboxylic acids is 1. The number of aromatic nitrogens is 5. The maximum Gasteiger partial charge on any atom is 0.269 e. The molecule has 1 amide bonds. The number of anilines is 3. The molecule has 0 aliphatic carbocycles. The van der Waals surface area contributed by atoms with E-state index in [4.69, 9.17) is 9.72 Å². The predicted octanol–water partition coefficient (Wildman–Crippen LogP) is 2.42. The first kappa shape index (κ1) is 20.7. The van der Waals surface area contributed by atoms with E-state index >= 15 is 0 Å². The summed E-state index contributed by atoms with van der Waals surface area (Å²) in [6, 6.07) is 11.2. The number of fused-ring (bicyclic) bond motifs is 1. The number of amides is 1. The molecule has 4 aromatic rings. The molecule has 0 spiro atoms. The molecule has 1 fully saturated rings. The molecule has 166 valence electrons. The van der Waals surface area contributed by atoms with E-state index in [9.17, 15) is 4.79 Å². The van der Waals surface area contributed by atoms with Crippen molar-refractivity contribution in [2.24, 2.45) is 0 Å². The summed E-state index contributed by atoms with van der Waals surface area (Å²) in [7, 11) is 1.57. The smallest absolute Gasteiger partial charge is 0.269 e. The molecule has 5 rings (SSSR count). The lowest BCUT2D eigenvalue weighted by Gasteiger charge is -2.26. The monoisotopic (exact) mass is 442 g/mol. The molecule has 1 aliphatic rings. The summed E-state index contributed by atoms with van der Waals surface area (Å²) in [5, 5.41) is 6.60. The van der Waals surface area contributed by atoms with Crippen LogP contribution in [0.1, 0.15) is 10.5 Å². The fourth-order valence-electron chi connectivity index (χ4n) is 3.54. The van der Waals surface area contributed by atoms with Crippen LogP contribution in [0.25, 0.3) is 22.2 Å². The second kappa shape index (κ2) is 9.13. The number of benzene rings is 1. The number of hydrogen-bond acceptors (Lipinski definition) is 9. The van der Waals surface area contributed by atoms with Gasteiger partial charge in [-0.05, 0) is 30.3 Å². The van der Waals surface area contributed by atoms with Crippen LogP contribution in [0.3, 0.4) is 0 Å². The lowest BCUT2D eigenvalue weighted by Crippen LogP contribution is -2.37. The molecule has 33 heavy (non-hydrogen) atoms. The first-order chi connectivity index (χ1) is 16.2. The van der Waals surface area contributed by atoms with Crippen molar-refractivity contribution < 1.29 is 9.53 Å². The van der Waals surface area contributed by atoms with Gasteiger partial charge in [-0.3, -0.25) is 4.79 Å². The van der Waals surface area contributed by atoms with E-state index in [1.807, 2.05) is 30.5 Å². The molecule has 10 heteroatoms. The predicted molar refractivity (Wildman–Crippen MR) is 125 cm³/mol. The van der Waals surface area contributed by atoms with Crippen LogP contribution in [0.2, 0.25) is 0 Å². The van der Waals surface area contributed by atoms with Gasteiger partial charge in [0, 0.05) is 43.5 Å². The summed E-state index contributed by atoms with van der Waals surface area (Å²) in [6.45, 7) is 2.98. The highest BCUT2D eigenvalue weighted by molar-refractivity contribution is 5.92. The third-order valence-electron chi connectivity index (χ3n) is 5.29. The summed E-state index contributed by atoms with van der Waals surface area (Å²) in [6.07, 6.45) is 5.11. The molecule has 10 nitrogen and oxygen atoms in total. The third kappa shape index (κ3) is 4.55. The molecule has 0 radical (unpaired) electrons. The molecule has 1 aliphatic heterocycles. The SMILES string of the molecule is CNC(=O)c1ccc(Nc2nccc(-c3ccc4nc(N5CCOCC5)ncc4c3)n2)cn1. The van der Waals surface area contributed by atoms with Crippen molar-refractivity contribution in [3.63, 3.8) is 0 Å². The van der Waals surface area contributed by atoms with Gasteiger partial charge in [-0.15, -0.1) is 0 Å². The van der Waals surface area contributed by atoms with Crippen LogP contribution in [-0.4, -0.2) is 64.2 Å². The molecule has 3 aromatic heterocycles. The topological polar surface area (TPSA) is 118 Å². The average molecular weight is 442 g/mol. The molecule has 1 saturated heterocycles. The number of nitrogens with one attached hydrogen (secondary N) is 2. The molecular formula is C23H22N8O2. The minimum absolute atomic E-state index is 0.239. The van der Waals surface area contributed by atoms with E-state index in [1.165, 1.54) is 0 Å². The Hall–Kier alpha value is -4.18. The van der Waals surface area contributed by atoms with Crippen molar-refractivity contribution in [1.82, 2.24) is 30.2 Å². The highest BCUT2D eigenvalue weighted by atomic mass is 16.5. The van der Waals surface area contributed by atoms with Crippen molar-refractivity contribution in [2.75, 3.05) is 43.6 Å². The first-order valence-electron chi connectivity index (χ1n) is 10.6. The van der Waals surface area contributed by atoms with E-state index in [1.54, 1.807) is 31.6 Å². The fraction of sp³-hybridized carbons (Fsp3) is 0.217. The zero-order chi connectivity index (χ0) is 22.6. The van der Waals surface area contributed by atoms with E-state index in [-0.39, 0.29) is 5.91 Å². The third-order valence-corrected chi connectivity index (χ3v) is 5.29. The van der Waals surface area contributed by atoms with Gasteiger partial charge in [0.05, 0.1) is 36.3 Å². The second-order valence-electron chi connectivity index (χ2n) is 7.44. The van der Waals surface area contributed by atoms with Crippen LogP contribution in [0.4, 0.5) is 17.6 Å². The molecule has 0 unspecified atom stereocenters. The number of ether oxygens (including phenoxy) is 1. The number of hydrogen-bond donors (Lipinski definition) is 2. The lowest BCUT2D eigenvalue weighted by atomic mass is 10.1. The minimum Gasteiger partial charge on any atom is -0.378 e. The number of rotatable bonds is 5. The first-order valence-corrected chi connectivity index (χ1v) is 10.6. The van der Waals surface area contributed by atoms with Crippen molar-refractivity contribution in [2.45, 2.75) is 0 Å². The van der Waals surface area contributed by atoms with E-state index < -0.39 is 0 Å². The van der Waals surface area contributed by atoms with Gasteiger partial charge in [-0.1, -0.05) is 6.07 Å².